The number of hydrogen-bond donors (Lipinski definition) is 1. The van der Waals surface area contributed by atoms with Gasteiger partial charge >= 0.3 is 6.18 Å². The number of piperazine rings is 1. The molecule has 2 aromatic carbocycles. The lowest BCUT2D eigenvalue weighted by Gasteiger charge is -2.33. The molecular formula is C31H32F3N5O2. The number of halogens is 3. The normalized spacial score (nSPS) is 15.7. The number of likely N-dealkylation sites (N-methyl/N-ethyl adjacent to an activating group) is 1. The van der Waals surface area contributed by atoms with Crippen molar-refractivity contribution in [3.63, 3.8) is 0 Å². The molecule has 0 radical (unpaired) electrons. The number of amides is 1. The molecule has 4 aromatic rings. The third kappa shape index (κ3) is 6.34. The topological polar surface area (TPSA) is 70.0 Å². The number of alkyl halides is 3. The van der Waals surface area contributed by atoms with Crippen molar-refractivity contribution in [1.82, 2.24) is 19.2 Å². The number of aromatic nitrogens is 2. The summed E-state index contributed by atoms with van der Waals surface area (Å²) in [4.78, 5) is 34.6. The molecule has 10 heteroatoms. The second kappa shape index (κ2) is 11.5. The van der Waals surface area contributed by atoms with Gasteiger partial charge in [-0.05, 0) is 74.0 Å². The number of nitrogens with zero attached hydrogens (tertiary/aromatic N) is 4. The van der Waals surface area contributed by atoms with Crippen molar-refractivity contribution >= 4 is 23.0 Å². The first kappa shape index (κ1) is 28.5. The molecule has 1 unspecified atom stereocenters. The van der Waals surface area contributed by atoms with Crippen LogP contribution in [0.25, 0.3) is 5.65 Å². The number of benzene rings is 2. The monoisotopic (exact) mass is 563 g/mol. The van der Waals surface area contributed by atoms with Gasteiger partial charge in [-0.1, -0.05) is 12.1 Å². The van der Waals surface area contributed by atoms with Crippen LogP contribution in [-0.2, 0) is 17.5 Å². The fraction of sp³-hybridized carbons (Fsp3) is 0.323. The minimum Gasteiger partial charge on any atom is -0.322 e. The van der Waals surface area contributed by atoms with E-state index in [1.165, 1.54) is 19.1 Å². The van der Waals surface area contributed by atoms with Crippen LogP contribution in [-0.4, -0.2) is 64.1 Å². The predicted octanol–water partition coefficient (Wildman–Crippen LogP) is 5.38. The van der Waals surface area contributed by atoms with E-state index < -0.39 is 23.6 Å². The van der Waals surface area contributed by atoms with Crippen molar-refractivity contribution < 1.29 is 22.8 Å². The molecule has 214 valence electrons. The molecule has 41 heavy (non-hydrogen) atoms. The molecule has 1 fully saturated rings. The summed E-state index contributed by atoms with van der Waals surface area (Å²) in [5, 5.41) is 2.62. The Kier molecular flexibility index (Phi) is 7.97. The first-order valence-electron chi connectivity index (χ1n) is 13.5. The highest BCUT2D eigenvalue weighted by atomic mass is 19.4. The number of carbonyl (C=O) groups excluding carboxylic acids is 2. The first-order valence-corrected chi connectivity index (χ1v) is 13.5. The van der Waals surface area contributed by atoms with Crippen molar-refractivity contribution in [1.29, 1.82) is 0 Å². The van der Waals surface area contributed by atoms with Gasteiger partial charge in [0.15, 0.2) is 0 Å². The fourth-order valence-corrected chi connectivity index (χ4v) is 5.32. The van der Waals surface area contributed by atoms with Crippen LogP contribution in [0.5, 0.6) is 0 Å². The molecule has 1 N–H and O–H groups in total. The van der Waals surface area contributed by atoms with E-state index >= 15 is 0 Å². The summed E-state index contributed by atoms with van der Waals surface area (Å²) in [6.45, 7) is 6.51. The van der Waals surface area contributed by atoms with Crippen LogP contribution in [0.1, 0.15) is 51.0 Å². The number of hydrogen-bond acceptors (Lipinski definition) is 5. The van der Waals surface area contributed by atoms with Crippen molar-refractivity contribution in [3.05, 3.63) is 101 Å². The number of rotatable bonds is 7. The summed E-state index contributed by atoms with van der Waals surface area (Å²) >= 11 is 0. The number of Topliss-reactive ketones (excluding diaryl/α,β-unsaturated/α-hetero) is 1. The molecule has 7 nitrogen and oxygen atoms in total. The zero-order valence-corrected chi connectivity index (χ0v) is 23.2. The van der Waals surface area contributed by atoms with Gasteiger partial charge in [-0.2, -0.15) is 13.2 Å². The Morgan fingerprint density at radius 2 is 1.80 bits per heavy atom. The summed E-state index contributed by atoms with van der Waals surface area (Å²) in [7, 11) is 1.99. The van der Waals surface area contributed by atoms with Gasteiger partial charge in [0, 0.05) is 68.1 Å². The zero-order chi connectivity index (χ0) is 29.3. The second-order valence-corrected chi connectivity index (χ2v) is 10.7. The van der Waals surface area contributed by atoms with E-state index in [0.717, 1.165) is 30.4 Å². The minimum atomic E-state index is -4.57. The standard InChI is InChI=1S/C31H32F3N5O2/c1-20-6-7-22(15-26(20)29(21(2)40)24-17-35-28-5-4-10-39(28)19-24)30(41)36-25-9-8-23(27(16-25)31(32,33)34)18-38-13-11-37(3)12-14-38/h4-10,15-17,19,29H,11-14,18H2,1-3H3,(H,36,41). The number of nitrogens with one attached hydrogen (secondary N) is 1. The number of fused-ring (bicyclic) bond motifs is 1. The second-order valence-electron chi connectivity index (χ2n) is 10.7. The van der Waals surface area contributed by atoms with E-state index in [-0.39, 0.29) is 29.1 Å². The molecule has 3 heterocycles. The Bertz CT molecular complexity index is 1590. The molecule has 5 rings (SSSR count). The van der Waals surface area contributed by atoms with Gasteiger partial charge in [0.1, 0.15) is 11.4 Å². The SMILES string of the molecule is CC(=O)C(c1cnc2cccn2c1)c1cc(C(=O)Nc2ccc(CN3CCN(C)CC3)c(C(F)(F)F)c2)ccc1C. The van der Waals surface area contributed by atoms with Crippen LogP contribution >= 0.6 is 0 Å². The molecule has 0 bridgehead atoms. The van der Waals surface area contributed by atoms with Crippen LogP contribution in [0.2, 0.25) is 0 Å². The van der Waals surface area contributed by atoms with Crippen molar-refractivity contribution in [3.8, 4) is 0 Å². The molecule has 1 aliphatic heterocycles. The maximum atomic E-state index is 14.0. The summed E-state index contributed by atoms with van der Waals surface area (Å²) < 4.78 is 43.9. The summed E-state index contributed by atoms with van der Waals surface area (Å²) in [5.41, 5.74) is 2.57. The van der Waals surface area contributed by atoms with Gasteiger partial charge < -0.3 is 14.6 Å². The fourth-order valence-electron chi connectivity index (χ4n) is 5.32. The van der Waals surface area contributed by atoms with E-state index in [1.54, 1.807) is 24.4 Å². The highest BCUT2D eigenvalue weighted by Crippen LogP contribution is 2.35. The Labute approximate surface area is 236 Å². The molecular weight excluding hydrogens is 531 g/mol. The maximum Gasteiger partial charge on any atom is 0.416 e. The van der Waals surface area contributed by atoms with Crippen molar-refractivity contribution in [2.24, 2.45) is 0 Å². The third-order valence-corrected chi connectivity index (χ3v) is 7.65. The van der Waals surface area contributed by atoms with Gasteiger partial charge in [0.2, 0.25) is 0 Å². The molecule has 0 aliphatic carbocycles. The van der Waals surface area contributed by atoms with Gasteiger partial charge in [-0.15, -0.1) is 0 Å². The molecule has 0 spiro atoms. The quantitative estimate of drug-likeness (QED) is 0.327. The zero-order valence-electron chi connectivity index (χ0n) is 23.2. The largest absolute Gasteiger partial charge is 0.416 e. The summed E-state index contributed by atoms with van der Waals surface area (Å²) in [5.74, 6) is -1.34. The molecule has 1 aliphatic rings. The molecule has 1 amide bonds. The molecule has 0 saturated carbocycles. The highest BCUT2D eigenvalue weighted by Gasteiger charge is 2.34. The average Bonchev–Trinajstić information content (AvgIpc) is 3.39. The van der Waals surface area contributed by atoms with Gasteiger partial charge in [-0.3, -0.25) is 14.5 Å². The molecule has 1 saturated heterocycles. The van der Waals surface area contributed by atoms with E-state index in [1.807, 2.05) is 47.8 Å². The van der Waals surface area contributed by atoms with Crippen LogP contribution in [0, 0.1) is 6.92 Å². The van der Waals surface area contributed by atoms with Crippen LogP contribution in [0.15, 0.2) is 67.1 Å². The van der Waals surface area contributed by atoms with Crippen LogP contribution in [0.4, 0.5) is 18.9 Å². The van der Waals surface area contributed by atoms with E-state index in [4.69, 9.17) is 0 Å². The van der Waals surface area contributed by atoms with Gasteiger partial charge in [0.05, 0.1) is 11.5 Å². The predicted molar refractivity (Wildman–Crippen MR) is 151 cm³/mol. The van der Waals surface area contributed by atoms with Crippen LogP contribution in [0.3, 0.4) is 0 Å². The molecule has 2 aromatic heterocycles. The first-order chi connectivity index (χ1) is 19.5. The summed E-state index contributed by atoms with van der Waals surface area (Å²) in [6, 6.07) is 12.6. The van der Waals surface area contributed by atoms with E-state index in [0.29, 0.717) is 24.2 Å². The van der Waals surface area contributed by atoms with Crippen LogP contribution < -0.4 is 5.32 Å². The number of carbonyl (C=O) groups is 2. The third-order valence-electron chi connectivity index (χ3n) is 7.65. The number of anilines is 1. The Hall–Kier alpha value is -4.02. The van der Waals surface area contributed by atoms with Crippen molar-refractivity contribution in [2.75, 3.05) is 38.5 Å². The summed E-state index contributed by atoms with van der Waals surface area (Å²) in [6.07, 6.45) is 0.757. The van der Waals surface area contributed by atoms with Crippen molar-refractivity contribution in [2.45, 2.75) is 32.5 Å². The van der Waals surface area contributed by atoms with Gasteiger partial charge in [-0.25, -0.2) is 4.98 Å². The lowest BCUT2D eigenvalue weighted by atomic mass is 9.86. The number of ketones is 1. The van der Waals surface area contributed by atoms with E-state index in [2.05, 4.69) is 15.2 Å². The lowest BCUT2D eigenvalue weighted by Crippen LogP contribution is -2.44. The minimum absolute atomic E-state index is 0.0527. The van der Waals surface area contributed by atoms with Gasteiger partial charge in [0.25, 0.3) is 5.91 Å². The highest BCUT2D eigenvalue weighted by molar-refractivity contribution is 6.04. The maximum absolute atomic E-state index is 14.0. The Balaban J connectivity index is 1.40. The Morgan fingerprint density at radius 3 is 2.51 bits per heavy atom. The Morgan fingerprint density at radius 1 is 1.05 bits per heavy atom. The number of aryl methyl sites for hydroxylation is 1. The van der Waals surface area contributed by atoms with E-state index in [9.17, 15) is 22.8 Å². The molecule has 1 atom stereocenters. The lowest BCUT2D eigenvalue weighted by molar-refractivity contribution is -0.138. The smallest absolute Gasteiger partial charge is 0.322 e. The average molecular weight is 564 g/mol.